The molecule has 0 aromatic heterocycles. The highest BCUT2D eigenvalue weighted by Crippen LogP contribution is 1.76. The molecule has 0 spiro atoms. The minimum absolute atomic E-state index is 0.617. The van der Waals surface area contributed by atoms with Crippen molar-refractivity contribution in [2.75, 3.05) is 13.2 Å². The molecule has 1 unspecified atom stereocenters. The Labute approximate surface area is 99.9 Å². The van der Waals surface area contributed by atoms with Crippen molar-refractivity contribution in [3.63, 3.8) is 0 Å². The second-order valence-electron chi connectivity index (χ2n) is 2.57. The average molecular weight is 243 g/mol. The van der Waals surface area contributed by atoms with Crippen LogP contribution >= 0.6 is 0 Å². The van der Waals surface area contributed by atoms with Crippen molar-refractivity contribution in [2.45, 2.75) is 6.23 Å². The lowest BCUT2D eigenvalue weighted by molar-refractivity contribution is -0.150. The summed E-state index contributed by atoms with van der Waals surface area (Å²) < 4.78 is 4.90. The summed E-state index contributed by atoms with van der Waals surface area (Å²) in [6.07, 6.45) is 2.43. The lowest BCUT2D eigenvalue weighted by Gasteiger charge is -2.03. The zero-order valence-corrected chi connectivity index (χ0v) is 9.46. The van der Waals surface area contributed by atoms with Crippen LogP contribution in [0.3, 0.4) is 0 Å². The molecule has 0 aromatic rings. The van der Waals surface area contributed by atoms with E-state index in [-0.39, 0.29) is 0 Å². The average Bonchev–Trinajstić information content (AvgIpc) is 2.30. The zero-order chi connectivity index (χ0) is 13.7. The standard InChI is InChI=1S/C6H10O.C5H7NO4/c1-3-5-7-6-4-2;1-2-3(7)6-4(8)5(9)10/h3-4H,1-2,5-6H2;2,4,8H,1H2,(H,6,7)(H,9,10). The van der Waals surface area contributed by atoms with E-state index in [4.69, 9.17) is 14.9 Å². The van der Waals surface area contributed by atoms with Gasteiger partial charge in [-0.25, -0.2) is 4.79 Å². The molecule has 0 aliphatic rings. The maximum atomic E-state index is 10.3. The van der Waals surface area contributed by atoms with E-state index in [1.165, 1.54) is 0 Å². The Hall–Kier alpha value is -1.92. The van der Waals surface area contributed by atoms with Gasteiger partial charge in [-0.2, -0.15) is 0 Å². The van der Waals surface area contributed by atoms with Crippen LogP contribution in [0, 0.1) is 0 Å². The number of carbonyl (C=O) groups is 2. The van der Waals surface area contributed by atoms with E-state index in [1.54, 1.807) is 17.5 Å². The summed E-state index contributed by atoms with van der Waals surface area (Å²) in [7, 11) is 0. The van der Waals surface area contributed by atoms with Crippen molar-refractivity contribution in [2.24, 2.45) is 0 Å². The number of aliphatic hydroxyl groups is 1. The largest absolute Gasteiger partial charge is 0.478 e. The highest BCUT2D eigenvalue weighted by molar-refractivity contribution is 5.89. The number of hydrogen-bond donors (Lipinski definition) is 3. The zero-order valence-electron chi connectivity index (χ0n) is 9.46. The van der Waals surface area contributed by atoms with Crippen LogP contribution in [0.15, 0.2) is 38.0 Å². The van der Waals surface area contributed by atoms with Crippen LogP contribution in [0.2, 0.25) is 0 Å². The van der Waals surface area contributed by atoms with Crippen LogP contribution in [-0.2, 0) is 14.3 Å². The molecule has 0 bridgehead atoms. The van der Waals surface area contributed by atoms with Gasteiger partial charge in [-0.1, -0.05) is 18.7 Å². The number of hydrogen-bond acceptors (Lipinski definition) is 4. The fourth-order valence-electron chi connectivity index (χ4n) is 0.490. The molecule has 0 aromatic carbocycles. The Morgan fingerprint density at radius 1 is 1.24 bits per heavy atom. The predicted octanol–water partition coefficient (Wildman–Crippen LogP) is 0.0666. The topological polar surface area (TPSA) is 95.9 Å². The van der Waals surface area contributed by atoms with Crippen LogP contribution in [0.5, 0.6) is 0 Å². The molecule has 1 amide bonds. The van der Waals surface area contributed by atoms with E-state index < -0.39 is 18.1 Å². The molecule has 0 saturated carbocycles. The Morgan fingerprint density at radius 3 is 2.00 bits per heavy atom. The van der Waals surface area contributed by atoms with E-state index in [2.05, 4.69) is 19.7 Å². The first-order valence-electron chi connectivity index (χ1n) is 4.62. The Bertz CT molecular complexity index is 267. The Balaban J connectivity index is 0. The molecule has 96 valence electrons. The van der Waals surface area contributed by atoms with Crippen molar-refractivity contribution in [3.05, 3.63) is 38.0 Å². The number of nitrogens with one attached hydrogen (secondary N) is 1. The van der Waals surface area contributed by atoms with Crippen LogP contribution in [0.4, 0.5) is 0 Å². The first kappa shape index (κ1) is 17.5. The van der Waals surface area contributed by atoms with Gasteiger partial charge in [-0.3, -0.25) is 4.79 Å². The first-order valence-corrected chi connectivity index (χ1v) is 4.62. The van der Waals surface area contributed by atoms with Gasteiger partial charge in [0.2, 0.25) is 12.1 Å². The van der Waals surface area contributed by atoms with Crippen molar-refractivity contribution in [3.8, 4) is 0 Å². The summed E-state index contributed by atoms with van der Waals surface area (Å²) in [6, 6.07) is 0. The molecule has 0 aliphatic heterocycles. The van der Waals surface area contributed by atoms with Crippen LogP contribution in [-0.4, -0.2) is 41.5 Å². The molecule has 0 fully saturated rings. The number of carboxylic acid groups (broad SMARTS) is 1. The van der Waals surface area contributed by atoms with Gasteiger partial charge in [0.25, 0.3) is 0 Å². The highest BCUT2D eigenvalue weighted by Gasteiger charge is 2.13. The van der Waals surface area contributed by atoms with Gasteiger partial charge >= 0.3 is 5.97 Å². The number of carbonyl (C=O) groups excluding carboxylic acids is 1. The van der Waals surface area contributed by atoms with E-state index in [0.29, 0.717) is 13.2 Å². The number of rotatable bonds is 7. The predicted molar refractivity (Wildman–Crippen MR) is 63.2 cm³/mol. The summed E-state index contributed by atoms with van der Waals surface area (Å²) in [5.74, 6) is -2.23. The fourth-order valence-corrected chi connectivity index (χ4v) is 0.490. The first-order chi connectivity index (χ1) is 7.99. The van der Waals surface area contributed by atoms with E-state index in [1.807, 2.05) is 0 Å². The second kappa shape index (κ2) is 12.2. The highest BCUT2D eigenvalue weighted by atomic mass is 16.5. The minimum Gasteiger partial charge on any atom is -0.478 e. The number of aliphatic hydroxyl groups excluding tert-OH is 1. The Morgan fingerprint density at radius 2 is 1.71 bits per heavy atom. The molecule has 3 N–H and O–H groups in total. The summed E-state index contributed by atoms with van der Waals surface area (Å²) >= 11 is 0. The lowest BCUT2D eigenvalue weighted by Crippen LogP contribution is -2.39. The summed E-state index contributed by atoms with van der Waals surface area (Å²) in [5, 5.41) is 18.2. The molecule has 0 aliphatic carbocycles. The van der Waals surface area contributed by atoms with Gasteiger partial charge in [-0.05, 0) is 6.08 Å². The number of aliphatic carboxylic acids is 1. The molecular formula is C11H17NO5. The number of ether oxygens (including phenoxy) is 1. The normalized spacial score (nSPS) is 10.2. The summed E-state index contributed by atoms with van der Waals surface area (Å²) in [6.45, 7) is 11.2. The van der Waals surface area contributed by atoms with Gasteiger partial charge in [0.1, 0.15) is 0 Å². The van der Waals surface area contributed by atoms with Crippen LogP contribution in [0.1, 0.15) is 0 Å². The van der Waals surface area contributed by atoms with Crippen LogP contribution < -0.4 is 5.32 Å². The monoisotopic (exact) mass is 243 g/mol. The smallest absolute Gasteiger partial charge is 0.353 e. The van der Waals surface area contributed by atoms with Crippen molar-refractivity contribution >= 4 is 11.9 Å². The maximum Gasteiger partial charge on any atom is 0.353 e. The summed E-state index contributed by atoms with van der Waals surface area (Å²) in [5.41, 5.74) is 0. The second-order valence-corrected chi connectivity index (χ2v) is 2.57. The minimum atomic E-state index is -1.86. The third-order valence-corrected chi connectivity index (χ3v) is 1.17. The third kappa shape index (κ3) is 14.1. The van der Waals surface area contributed by atoms with Gasteiger partial charge in [-0.15, -0.1) is 13.2 Å². The molecule has 0 saturated heterocycles. The Kier molecular flexibility index (Phi) is 12.5. The van der Waals surface area contributed by atoms with Gasteiger partial charge < -0.3 is 20.3 Å². The van der Waals surface area contributed by atoms with E-state index in [0.717, 1.165) is 6.08 Å². The van der Waals surface area contributed by atoms with Crippen LogP contribution in [0.25, 0.3) is 0 Å². The van der Waals surface area contributed by atoms with E-state index >= 15 is 0 Å². The molecule has 0 heterocycles. The molecule has 1 atom stereocenters. The molecule has 6 heteroatoms. The van der Waals surface area contributed by atoms with Gasteiger partial charge in [0, 0.05) is 0 Å². The molecule has 17 heavy (non-hydrogen) atoms. The van der Waals surface area contributed by atoms with Gasteiger partial charge in [0.15, 0.2) is 0 Å². The SMILES string of the molecule is C=CC(=O)NC(O)C(=O)O.C=CCOCC=C. The van der Waals surface area contributed by atoms with Gasteiger partial charge in [0.05, 0.1) is 13.2 Å². The summed E-state index contributed by atoms with van der Waals surface area (Å²) in [4.78, 5) is 20.1. The lowest BCUT2D eigenvalue weighted by atomic mass is 10.5. The quantitative estimate of drug-likeness (QED) is 0.254. The fraction of sp³-hybridized carbons (Fsp3) is 0.273. The van der Waals surface area contributed by atoms with Crippen molar-refractivity contribution in [1.82, 2.24) is 5.32 Å². The van der Waals surface area contributed by atoms with Crippen molar-refractivity contribution in [1.29, 1.82) is 0 Å². The molecule has 0 radical (unpaired) electrons. The molecular weight excluding hydrogens is 226 g/mol. The third-order valence-electron chi connectivity index (χ3n) is 1.17. The van der Waals surface area contributed by atoms with E-state index in [9.17, 15) is 9.59 Å². The molecule has 0 rings (SSSR count). The number of amides is 1. The number of carboxylic acids is 1. The molecule has 6 nitrogen and oxygen atoms in total. The van der Waals surface area contributed by atoms with Crippen molar-refractivity contribution < 1.29 is 24.5 Å². The maximum absolute atomic E-state index is 10.3.